The summed E-state index contributed by atoms with van der Waals surface area (Å²) in [6.45, 7) is 1.38. The molecule has 0 bridgehead atoms. The van der Waals surface area contributed by atoms with E-state index in [-0.39, 0.29) is 10.8 Å². The van der Waals surface area contributed by atoms with Crippen molar-refractivity contribution in [3.8, 4) is 6.07 Å². The third-order valence-electron chi connectivity index (χ3n) is 3.75. The van der Waals surface area contributed by atoms with Gasteiger partial charge in [-0.25, -0.2) is 8.42 Å². The first-order valence-corrected chi connectivity index (χ1v) is 9.66. The Hall–Kier alpha value is -2.37. The molecule has 6 nitrogen and oxygen atoms in total. The SMILES string of the molecule is CC(=O)Nc1ccc(S(=O)(=O)Nc2sc3c(c2C#N)CCC3)cc1. The molecule has 0 unspecified atom stereocenters. The molecule has 2 N–H and O–H groups in total. The number of carbonyl (C=O) groups excluding carboxylic acids is 1. The Morgan fingerprint density at radius 3 is 2.58 bits per heavy atom. The summed E-state index contributed by atoms with van der Waals surface area (Å²) in [7, 11) is -3.78. The van der Waals surface area contributed by atoms with Crippen LogP contribution in [0.2, 0.25) is 0 Å². The van der Waals surface area contributed by atoms with Crippen LogP contribution in [0.4, 0.5) is 10.7 Å². The van der Waals surface area contributed by atoms with Crippen molar-refractivity contribution in [1.82, 2.24) is 0 Å². The van der Waals surface area contributed by atoms with Gasteiger partial charge in [0, 0.05) is 17.5 Å². The third kappa shape index (κ3) is 3.13. The van der Waals surface area contributed by atoms with Gasteiger partial charge in [0.25, 0.3) is 10.0 Å². The van der Waals surface area contributed by atoms with Crippen molar-refractivity contribution in [3.05, 3.63) is 40.3 Å². The van der Waals surface area contributed by atoms with Crippen molar-refractivity contribution in [3.63, 3.8) is 0 Å². The van der Waals surface area contributed by atoms with Gasteiger partial charge in [0.15, 0.2) is 0 Å². The lowest BCUT2D eigenvalue weighted by Crippen LogP contribution is -2.13. The molecule has 0 fully saturated rings. The summed E-state index contributed by atoms with van der Waals surface area (Å²) >= 11 is 1.34. The van der Waals surface area contributed by atoms with E-state index in [4.69, 9.17) is 0 Å². The van der Waals surface area contributed by atoms with E-state index < -0.39 is 10.0 Å². The van der Waals surface area contributed by atoms with Crippen molar-refractivity contribution in [2.75, 3.05) is 10.0 Å². The normalized spacial score (nSPS) is 13.2. The van der Waals surface area contributed by atoms with Gasteiger partial charge >= 0.3 is 0 Å². The third-order valence-corrected chi connectivity index (χ3v) is 6.45. The second-order valence-corrected chi connectivity index (χ2v) is 8.27. The smallest absolute Gasteiger partial charge is 0.262 e. The first-order valence-electron chi connectivity index (χ1n) is 7.36. The van der Waals surface area contributed by atoms with Crippen molar-refractivity contribution >= 4 is 38.0 Å². The molecule has 1 aliphatic rings. The number of hydrogen-bond acceptors (Lipinski definition) is 5. The van der Waals surface area contributed by atoms with E-state index in [2.05, 4.69) is 16.1 Å². The minimum atomic E-state index is -3.78. The first kappa shape index (κ1) is 16.5. The van der Waals surface area contributed by atoms with Gasteiger partial charge in [0.1, 0.15) is 11.1 Å². The number of sulfonamides is 1. The summed E-state index contributed by atoms with van der Waals surface area (Å²) in [6, 6.07) is 8.00. The highest BCUT2D eigenvalue weighted by Crippen LogP contribution is 2.39. The Balaban J connectivity index is 1.87. The molecule has 0 atom stereocenters. The number of carbonyl (C=O) groups is 1. The standard InChI is InChI=1S/C16H15N3O3S2/c1-10(20)18-11-5-7-12(8-6-11)24(21,22)19-16-14(9-17)13-3-2-4-15(13)23-16/h5-8,19H,2-4H2,1H3,(H,18,20). The Kier molecular flexibility index (Phi) is 4.30. The van der Waals surface area contributed by atoms with Crippen molar-refractivity contribution in [2.24, 2.45) is 0 Å². The van der Waals surface area contributed by atoms with E-state index in [1.807, 2.05) is 0 Å². The van der Waals surface area contributed by atoms with E-state index in [0.717, 1.165) is 29.7 Å². The summed E-state index contributed by atoms with van der Waals surface area (Å²) in [5.41, 5.74) is 1.93. The summed E-state index contributed by atoms with van der Waals surface area (Å²) in [5, 5.41) is 12.3. The molecule has 0 aliphatic heterocycles. The number of anilines is 2. The predicted octanol–water partition coefficient (Wildman–Crippen LogP) is 2.87. The van der Waals surface area contributed by atoms with Crippen molar-refractivity contribution in [2.45, 2.75) is 31.1 Å². The number of nitrogens with zero attached hydrogens (tertiary/aromatic N) is 1. The number of nitrogens with one attached hydrogen (secondary N) is 2. The fraction of sp³-hybridized carbons (Fsp3) is 0.250. The molecule has 1 aromatic carbocycles. The van der Waals surface area contributed by atoms with Crippen LogP contribution in [0.3, 0.4) is 0 Å². The first-order chi connectivity index (χ1) is 11.4. The molecular formula is C16H15N3O3S2. The topological polar surface area (TPSA) is 99.1 Å². The van der Waals surface area contributed by atoms with Gasteiger partial charge < -0.3 is 5.32 Å². The highest BCUT2D eigenvalue weighted by molar-refractivity contribution is 7.93. The molecule has 0 saturated carbocycles. The maximum absolute atomic E-state index is 12.5. The van der Waals surface area contributed by atoms with Gasteiger partial charge in [-0.1, -0.05) is 0 Å². The average molecular weight is 361 g/mol. The van der Waals surface area contributed by atoms with Gasteiger partial charge in [-0.3, -0.25) is 9.52 Å². The number of aryl methyl sites for hydroxylation is 1. The number of hydrogen-bond donors (Lipinski definition) is 2. The summed E-state index contributed by atoms with van der Waals surface area (Å²) < 4.78 is 27.6. The molecule has 1 aromatic heterocycles. The van der Waals surface area contributed by atoms with Gasteiger partial charge in [-0.15, -0.1) is 11.3 Å². The minimum absolute atomic E-state index is 0.0778. The Morgan fingerprint density at radius 1 is 1.25 bits per heavy atom. The maximum Gasteiger partial charge on any atom is 0.262 e. The molecule has 0 saturated heterocycles. The Labute approximate surface area is 144 Å². The lowest BCUT2D eigenvalue weighted by Gasteiger charge is -2.08. The second-order valence-electron chi connectivity index (χ2n) is 5.48. The van der Waals surface area contributed by atoms with E-state index in [1.54, 1.807) is 0 Å². The molecule has 3 rings (SSSR count). The lowest BCUT2D eigenvalue weighted by atomic mass is 10.1. The fourth-order valence-electron chi connectivity index (χ4n) is 2.70. The van der Waals surface area contributed by atoms with E-state index in [0.29, 0.717) is 16.3 Å². The van der Waals surface area contributed by atoms with Crippen LogP contribution in [0.1, 0.15) is 29.3 Å². The molecule has 1 heterocycles. The van der Waals surface area contributed by atoms with Crippen LogP contribution >= 0.6 is 11.3 Å². The average Bonchev–Trinajstić information content (AvgIpc) is 3.07. The van der Waals surface area contributed by atoms with Crippen LogP contribution in [-0.2, 0) is 27.7 Å². The van der Waals surface area contributed by atoms with Crippen LogP contribution in [0.5, 0.6) is 0 Å². The molecule has 1 aliphatic carbocycles. The highest BCUT2D eigenvalue weighted by Gasteiger charge is 2.25. The molecule has 2 aromatic rings. The van der Waals surface area contributed by atoms with E-state index in [1.165, 1.54) is 42.5 Å². The second kappa shape index (κ2) is 6.26. The zero-order chi connectivity index (χ0) is 17.3. The van der Waals surface area contributed by atoms with E-state index >= 15 is 0 Å². The minimum Gasteiger partial charge on any atom is -0.326 e. The zero-order valence-electron chi connectivity index (χ0n) is 12.9. The number of thiophene rings is 1. The van der Waals surface area contributed by atoms with Crippen molar-refractivity contribution < 1.29 is 13.2 Å². The lowest BCUT2D eigenvalue weighted by molar-refractivity contribution is -0.114. The predicted molar refractivity (Wildman–Crippen MR) is 92.6 cm³/mol. The van der Waals surface area contributed by atoms with Crippen LogP contribution in [0.25, 0.3) is 0 Å². The van der Waals surface area contributed by atoms with Gasteiger partial charge in [-0.05, 0) is 49.1 Å². The fourth-order valence-corrected chi connectivity index (χ4v) is 5.24. The molecule has 8 heteroatoms. The number of benzene rings is 1. The number of amides is 1. The summed E-state index contributed by atoms with van der Waals surface area (Å²) in [4.78, 5) is 12.2. The van der Waals surface area contributed by atoms with Crippen LogP contribution in [-0.4, -0.2) is 14.3 Å². The largest absolute Gasteiger partial charge is 0.326 e. The zero-order valence-corrected chi connectivity index (χ0v) is 14.6. The van der Waals surface area contributed by atoms with Gasteiger partial charge in [-0.2, -0.15) is 5.26 Å². The molecule has 1 amide bonds. The number of nitriles is 1. The summed E-state index contributed by atoms with van der Waals surface area (Å²) in [6.07, 6.45) is 2.72. The molecule has 0 spiro atoms. The number of fused-ring (bicyclic) bond motifs is 1. The molecule has 24 heavy (non-hydrogen) atoms. The van der Waals surface area contributed by atoms with Crippen molar-refractivity contribution in [1.29, 1.82) is 5.26 Å². The molecule has 124 valence electrons. The van der Waals surface area contributed by atoms with Crippen LogP contribution < -0.4 is 10.0 Å². The summed E-state index contributed by atoms with van der Waals surface area (Å²) in [5.74, 6) is -0.226. The molecule has 0 radical (unpaired) electrons. The number of rotatable bonds is 4. The van der Waals surface area contributed by atoms with E-state index in [9.17, 15) is 18.5 Å². The van der Waals surface area contributed by atoms with Crippen LogP contribution in [0, 0.1) is 11.3 Å². The van der Waals surface area contributed by atoms with Crippen LogP contribution in [0.15, 0.2) is 29.2 Å². The Morgan fingerprint density at radius 2 is 1.96 bits per heavy atom. The monoisotopic (exact) mass is 361 g/mol. The van der Waals surface area contributed by atoms with Gasteiger partial charge in [0.2, 0.25) is 5.91 Å². The highest BCUT2D eigenvalue weighted by atomic mass is 32.2. The van der Waals surface area contributed by atoms with Gasteiger partial charge in [0.05, 0.1) is 10.5 Å². The molecular weight excluding hydrogens is 346 g/mol. The maximum atomic E-state index is 12.5. The quantitative estimate of drug-likeness (QED) is 0.874. The Bertz CT molecular complexity index is 938.